The maximum absolute atomic E-state index is 13.2. The third-order valence-corrected chi connectivity index (χ3v) is 12.4. The topological polar surface area (TPSA) is 156 Å². The Kier molecular flexibility index (Phi) is 13.8. The molecule has 2 unspecified atom stereocenters. The number of ether oxygens (including phenoxy) is 2. The van der Waals surface area contributed by atoms with E-state index < -0.39 is 6.10 Å². The number of aromatic nitrogens is 1. The number of likely N-dealkylation sites (tertiary alicyclic amines) is 1. The Morgan fingerprint density at radius 3 is 2.38 bits per heavy atom. The van der Waals surface area contributed by atoms with Gasteiger partial charge < -0.3 is 34.9 Å². The number of anilines is 1. The van der Waals surface area contributed by atoms with Crippen LogP contribution in [0.25, 0.3) is 22.0 Å². The number of hydrogen-bond donors (Lipinski definition) is 5. The van der Waals surface area contributed by atoms with E-state index in [-0.39, 0.29) is 36.0 Å². The molecule has 2 saturated carbocycles. The fourth-order valence-electron chi connectivity index (χ4n) is 9.04. The second-order valence-electron chi connectivity index (χ2n) is 17.0. The number of fused-ring (bicyclic) bond motifs is 2. The average molecular weight is 828 g/mol. The van der Waals surface area contributed by atoms with Gasteiger partial charge in [-0.1, -0.05) is 78.9 Å². The molecule has 3 atom stereocenters. The fraction of sp³-hybridized carbons (Fsp3) is 0.408. The molecule has 0 spiro atoms. The number of phenolic OH excluding ortho intramolecular Hbond substituents is 1. The van der Waals surface area contributed by atoms with Crippen molar-refractivity contribution >= 4 is 28.6 Å². The predicted molar refractivity (Wildman–Crippen MR) is 236 cm³/mol. The molecule has 2 heterocycles. The highest BCUT2D eigenvalue weighted by atomic mass is 16.6. The number of benzene rings is 4. The summed E-state index contributed by atoms with van der Waals surface area (Å²) in [7, 11) is 0. The zero-order chi connectivity index (χ0) is 42.1. The number of carbonyl (C=O) groups excluding carboxylic acids is 2. The molecule has 61 heavy (non-hydrogen) atoms. The van der Waals surface area contributed by atoms with Crippen molar-refractivity contribution in [2.75, 3.05) is 57.8 Å². The lowest BCUT2D eigenvalue weighted by Crippen LogP contribution is -2.39. The summed E-state index contributed by atoms with van der Waals surface area (Å²) in [5, 5.41) is 27.9. The van der Waals surface area contributed by atoms with E-state index in [9.17, 15) is 24.6 Å². The molecule has 12 heteroatoms. The van der Waals surface area contributed by atoms with Crippen LogP contribution in [0.2, 0.25) is 0 Å². The van der Waals surface area contributed by atoms with E-state index in [1.807, 2.05) is 59.5 Å². The quantitative estimate of drug-likeness (QED) is 0.0561. The molecule has 320 valence electrons. The largest absolute Gasteiger partial charge is 0.506 e. The maximum atomic E-state index is 13.2. The second kappa shape index (κ2) is 19.9. The molecule has 5 aromatic rings. The van der Waals surface area contributed by atoms with Gasteiger partial charge in [0.05, 0.1) is 36.9 Å². The minimum Gasteiger partial charge on any atom is -0.506 e. The summed E-state index contributed by atoms with van der Waals surface area (Å²) in [6.45, 7) is 5.91. The van der Waals surface area contributed by atoms with Crippen LogP contribution in [0.5, 0.6) is 5.75 Å². The third kappa shape index (κ3) is 11.2. The number of amides is 2. The second-order valence-corrected chi connectivity index (χ2v) is 17.0. The first kappa shape index (κ1) is 42.2. The first-order chi connectivity index (χ1) is 29.8. The molecule has 1 saturated heterocycles. The molecule has 0 bridgehead atoms. The summed E-state index contributed by atoms with van der Waals surface area (Å²) in [5.74, 6) is 1.64. The van der Waals surface area contributed by atoms with Crippen molar-refractivity contribution in [3.05, 3.63) is 130 Å². The van der Waals surface area contributed by atoms with Crippen LogP contribution in [0, 0.1) is 17.8 Å². The van der Waals surface area contributed by atoms with Crippen LogP contribution >= 0.6 is 0 Å². The Balaban J connectivity index is 0.705. The van der Waals surface area contributed by atoms with E-state index in [2.05, 4.69) is 44.8 Å². The molecule has 0 radical (unpaired) electrons. The summed E-state index contributed by atoms with van der Waals surface area (Å²) >= 11 is 0. The molecule has 8 rings (SSSR count). The number of hydrogen-bond acceptors (Lipinski definition) is 9. The number of aromatic hydroxyl groups is 1. The molecular formula is C49H57N5O7. The van der Waals surface area contributed by atoms with E-state index in [1.54, 1.807) is 12.1 Å². The summed E-state index contributed by atoms with van der Waals surface area (Å²) < 4.78 is 11.8. The zero-order valence-electron chi connectivity index (χ0n) is 34.6. The van der Waals surface area contributed by atoms with Gasteiger partial charge in [0.25, 0.3) is 0 Å². The first-order valence-electron chi connectivity index (χ1n) is 21.8. The monoisotopic (exact) mass is 827 g/mol. The highest BCUT2D eigenvalue weighted by Crippen LogP contribution is 2.40. The van der Waals surface area contributed by atoms with Gasteiger partial charge in [0, 0.05) is 62.8 Å². The van der Waals surface area contributed by atoms with Gasteiger partial charge in [-0.2, -0.15) is 0 Å². The van der Waals surface area contributed by atoms with Gasteiger partial charge in [0.2, 0.25) is 11.5 Å². The molecule has 1 aromatic heterocycles. The minimum absolute atomic E-state index is 0.0464. The van der Waals surface area contributed by atoms with E-state index >= 15 is 0 Å². The van der Waals surface area contributed by atoms with Gasteiger partial charge >= 0.3 is 6.09 Å². The van der Waals surface area contributed by atoms with Crippen molar-refractivity contribution in [1.82, 2.24) is 20.1 Å². The third-order valence-electron chi connectivity index (χ3n) is 12.4. The fourth-order valence-corrected chi connectivity index (χ4v) is 9.04. The van der Waals surface area contributed by atoms with Crippen LogP contribution in [0.15, 0.2) is 108 Å². The van der Waals surface area contributed by atoms with Crippen LogP contribution in [0.3, 0.4) is 0 Å². The standard InChI is InChI=1S/C49H57N5O7/c55-44-18-16-41(42-17-19-46(57)52-48(42)44)45(56)28-50-22-23-54(30-35-14-15-35)47(58)21-25-60-24-20-33-10-12-34(13-11-33)29-53-31-37-26-39(27-38(37)32-53)61-49(59)51-43-9-5-4-8-40(43)36-6-2-1-3-7-36/h1-13,16-19,35,37-39,45,50,55-56H,14-15,20-32H2,(H,51,59)(H,52,57)/t37?,38?,39?,45-/m0/s1. The predicted octanol–water partition coefficient (Wildman–Crippen LogP) is 6.87. The number of carbonyl (C=O) groups is 2. The normalized spacial score (nSPS) is 19.1. The minimum atomic E-state index is -0.856. The summed E-state index contributed by atoms with van der Waals surface area (Å²) in [6, 6.07) is 32.7. The number of rotatable bonds is 19. The molecule has 3 fully saturated rings. The van der Waals surface area contributed by atoms with Gasteiger partial charge in [-0.3, -0.25) is 19.8 Å². The molecular weight excluding hydrogens is 771 g/mol. The Morgan fingerprint density at radius 1 is 0.869 bits per heavy atom. The molecule has 4 aromatic carbocycles. The maximum Gasteiger partial charge on any atom is 0.411 e. The summed E-state index contributed by atoms with van der Waals surface area (Å²) in [4.78, 5) is 44.9. The van der Waals surface area contributed by atoms with Crippen LogP contribution in [-0.2, 0) is 27.2 Å². The SMILES string of the molecule is O=C(Nc1ccccc1-c1ccccc1)OC1CC2CN(Cc3ccc(CCOCCC(=O)N(CCNC[C@H](O)c4ccc(O)c5[nH]c(=O)ccc45)CC4CC4)cc3)CC2C1. The lowest BCUT2D eigenvalue weighted by molar-refractivity contribution is -0.132. The highest BCUT2D eigenvalue weighted by molar-refractivity contribution is 5.91. The number of aliphatic hydroxyl groups is 1. The molecule has 1 aliphatic heterocycles. The molecule has 12 nitrogen and oxygen atoms in total. The lowest BCUT2D eigenvalue weighted by Gasteiger charge is -2.23. The number of aliphatic hydroxyl groups excluding tert-OH is 1. The van der Waals surface area contributed by atoms with Gasteiger partial charge in [-0.05, 0) is 90.3 Å². The Morgan fingerprint density at radius 2 is 1.61 bits per heavy atom. The smallest absolute Gasteiger partial charge is 0.411 e. The van der Waals surface area contributed by atoms with Crippen LogP contribution in [0.4, 0.5) is 10.5 Å². The van der Waals surface area contributed by atoms with Crippen molar-refractivity contribution < 1.29 is 29.3 Å². The number of para-hydroxylation sites is 1. The first-order valence-corrected chi connectivity index (χ1v) is 21.8. The summed E-state index contributed by atoms with van der Waals surface area (Å²) in [6.07, 6.45) is 3.87. The molecule has 5 N–H and O–H groups in total. The van der Waals surface area contributed by atoms with E-state index in [0.717, 1.165) is 75.1 Å². The lowest BCUT2D eigenvalue weighted by atomic mass is 10.0. The van der Waals surface area contributed by atoms with Crippen molar-refractivity contribution in [3.8, 4) is 16.9 Å². The Labute approximate surface area is 356 Å². The number of nitrogens with zero attached hydrogens (tertiary/aromatic N) is 2. The van der Waals surface area contributed by atoms with Gasteiger partial charge in [0.15, 0.2) is 0 Å². The number of aromatic amines is 1. The number of nitrogens with one attached hydrogen (secondary N) is 3. The van der Waals surface area contributed by atoms with Gasteiger partial charge in [-0.15, -0.1) is 0 Å². The number of H-pyrrole nitrogens is 1. The molecule has 2 aliphatic carbocycles. The van der Waals surface area contributed by atoms with Crippen molar-refractivity contribution in [1.29, 1.82) is 0 Å². The Bertz CT molecular complexity index is 2300. The molecule has 2 amide bonds. The van der Waals surface area contributed by atoms with Crippen molar-refractivity contribution in [2.24, 2.45) is 17.8 Å². The zero-order valence-corrected chi connectivity index (χ0v) is 34.6. The van der Waals surface area contributed by atoms with E-state index in [4.69, 9.17) is 9.47 Å². The van der Waals surface area contributed by atoms with Crippen LogP contribution in [-0.4, -0.2) is 95.6 Å². The van der Waals surface area contributed by atoms with E-state index in [1.165, 1.54) is 23.3 Å². The summed E-state index contributed by atoms with van der Waals surface area (Å²) in [5.41, 5.74) is 5.84. The van der Waals surface area contributed by atoms with Gasteiger partial charge in [-0.25, -0.2) is 4.79 Å². The highest BCUT2D eigenvalue weighted by Gasteiger charge is 2.42. The number of phenols is 1. The van der Waals surface area contributed by atoms with Crippen molar-refractivity contribution in [2.45, 2.75) is 57.3 Å². The van der Waals surface area contributed by atoms with Gasteiger partial charge in [0.1, 0.15) is 11.9 Å². The van der Waals surface area contributed by atoms with Crippen molar-refractivity contribution in [3.63, 3.8) is 0 Å². The molecule has 3 aliphatic rings. The average Bonchev–Trinajstić information content (AvgIpc) is 3.91. The van der Waals surface area contributed by atoms with Crippen LogP contribution < -0.4 is 16.2 Å². The number of pyridine rings is 1. The van der Waals surface area contributed by atoms with E-state index in [0.29, 0.717) is 66.9 Å². The van der Waals surface area contributed by atoms with Crippen LogP contribution in [0.1, 0.15) is 54.9 Å². The Hall–Kier alpha value is -5.53.